The van der Waals surface area contributed by atoms with Crippen LogP contribution in [-0.4, -0.2) is 76.1 Å². The van der Waals surface area contributed by atoms with Crippen LogP contribution < -0.4 is 17.2 Å². The zero-order chi connectivity index (χ0) is 26.7. The van der Waals surface area contributed by atoms with Crippen molar-refractivity contribution in [3.8, 4) is 11.8 Å². The molecule has 194 valence electrons. The van der Waals surface area contributed by atoms with Gasteiger partial charge in [0.1, 0.15) is 35.8 Å². The molecule has 1 aliphatic rings. The van der Waals surface area contributed by atoms with E-state index in [1.54, 1.807) is 6.07 Å². The molecule has 14 nitrogen and oxygen atoms in total. The fourth-order valence-corrected chi connectivity index (χ4v) is 4.07. The van der Waals surface area contributed by atoms with E-state index in [0.29, 0.717) is 16.7 Å². The van der Waals surface area contributed by atoms with Crippen molar-refractivity contribution in [2.45, 2.75) is 49.8 Å². The summed E-state index contributed by atoms with van der Waals surface area (Å²) in [5.74, 6) is 3.81. The van der Waals surface area contributed by atoms with E-state index in [0.717, 1.165) is 0 Å². The minimum atomic E-state index is -1.31. The van der Waals surface area contributed by atoms with Gasteiger partial charge in [-0.15, -0.1) is 0 Å². The first-order valence-electron chi connectivity index (χ1n) is 11.4. The predicted molar refractivity (Wildman–Crippen MR) is 128 cm³/mol. The molecule has 0 aliphatic carbocycles. The maximum absolute atomic E-state index is 11.4. The number of hydrogen-bond donors (Lipinski definition) is 6. The van der Waals surface area contributed by atoms with E-state index < -0.39 is 48.4 Å². The normalized spacial score (nSPS) is 22.8. The van der Waals surface area contributed by atoms with Crippen molar-refractivity contribution in [1.82, 2.24) is 24.5 Å². The summed E-state index contributed by atoms with van der Waals surface area (Å²) in [6, 6.07) is 1.94. The molecule has 0 radical (unpaired) electrons. The Morgan fingerprint density at radius 3 is 2.68 bits per heavy atom. The molecular weight excluding hydrogens is 484 g/mol. The van der Waals surface area contributed by atoms with Crippen LogP contribution >= 0.6 is 0 Å². The average molecular weight is 511 g/mol. The Morgan fingerprint density at radius 1 is 1.16 bits per heavy atom. The number of carboxylic acid groups (broad SMARTS) is 1. The number of ether oxygens (including phenoxy) is 1. The molecule has 37 heavy (non-hydrogen) atoms. The number of nitrogens with zero attached hydrogens (tertiary/aromatic N) is 5. The number of fused-ring (bicyclic) bond motifs is 1. The van der Waals surface area contributed by atoms with E-state index in [4.69, 9.17) is 27.0 Å². The second-order valence-corrected chi connectivity index (χ2v) is 8.65. The summed E-state index contributed by atoms with van der Waals surface area (Å²) in [4.78, 5) is 38.7. The van der Waals surface area contributed by atoms with Crippen molar-refractivity contribution in [2.75, 3.05) is 5.73 Å². The van der Waals surface area contributed by atoms with Crippen molar-refractivity contribution in [3.05, 3.63) is 42.2 Å². The SMILES string of the molecule is NC(=O)c1cc(C#C[C@@H](CC[C@H](N)C(=O)O)C[C@H]2O[C@@H](n3cnc4c(N)ncnc43)[C@H](O)[C@@H]2O)ccn1. The third kappa shape index (κ3) is 5.65. The maximum atomic E-state index is 11.4. The molecular formula is C23H26N8O6. The highest BCUT2D eigenvalue weighted by molar-refractivity contribution is 5.91. The zero-order valence-electron chi connectivity index (χ0n) is 19.5. The van der Waals surface area contributed by atoms with Crippen molar-refractivity contribution in [2.24, 2.45) is 17.4 Å². The zero-order valence-corrected chi connectivity index (χ0v) is 19.5. The summed E-state index contributed by atoms with van der Waals surface area (Å²) >= 11 is 0. The molecule has 14 heteroatoms. The Balaban J connectivity index is 1.56. The monoisotopic (exact) mass is 510 g/mol. The molecule has 1 fully saturated rings. The number of aromatic nitrogens is 5. The van der Waals surface area contributed by atoms with Crippen LogP contribution in [0.1, 0.15) is 41.5 Å². The van der Waals surface area contributed by atoms with Gasteiger partial charge in [0.25, 0.3) is 5.91 Å². The van der Waals surface area contributed by atoms with Crippen molar-refractivity contribution >= 4 is 28.9 Å². The summed E-state index contributed by atoms with van der Waals surface area (Å²) in [7, 11) is 0. The summed E-state index contributed by atoms with van der Waals surface area (Å²) < 4.78 is 7.46. The highest BCUT2D eigenvalue weighted by Gasteiger charge is 2.44. The Bertz CT molecular complexity index is 1370. The van der Waals surface area contributed by atoms with Crippen molar-refractivity contribution in [1.29, 1.82) is 0 Å². The minimum absolute atomic E-state index is 0.0498. The quantitative estimate of drug-likeness (QED) is 0.195. The average Bonchev–Trinajstić information content (AvgIpc) is 3.42. The van der Waals surface area contributed by atoms with Crippen LogP contribution in [0.2, 0.25) is 0 Å². The van der Waals surface area contributed by atoms with Gasteiger partial charge in [-0.1, -0.05) is 11.8 Å². The number of anilines is 1. The van der Waals surface area contributed by atoms with Gasteiger partial charge in [0.2, 0.25) is 0 Å². The predicted octanol–water partition coefficient (Wildman–Crippen LogP) is -1.23. The minimum Gasteiger partial charge on any atom is -0.480 e. The first-order chi connectivity index (χ1) is 17.7. The number of nitrogen functional groups attached to an aromatic ring is 1. The van der Waals surface area contributed by atoms with Gasteiger partial charge in [-0.2, -0.15) is 0 Å². The van der Waals surface area contributed by atoms with Crippen LogP contribution in [0.25, 0.3) is 11.2 Å². The molecule has 1 aliphatic heterocycles. The number of hydrogen-bond acceptors (Lipinski definition) is 11. The Hall–Kier alpha value is -4.16. The van der Waals surface area contributed by atoms with Crippen LogP contribution in [0.3, 0.4) is 0 Å². The van der Waals surface area contributed by atoms with Crippen molar-refractivity contribution in [3.63, 3.8) is 0 Å². The molecule has 0 bridgehead atoms. The first-order valence-corrected chi connectivity index (χ1v) is 11.4. The van der Waals surface area contributed by atoms with Gasteiger partial charge in [0, 0.05) is 17.7 Å². The van der Waals surface area contributed by atoms with Crippen LogP contribution in [0, 0.1) is 17.8 Å². The fraction of sp³-hybridized carbons (Fsp3) is 0.391. The third-order valence-corrected chi connectivity index (χ3v) is 6.09. The lowest BCUT2D eigenvalue weighted by Crippen LogP contribution is -2.33. The van der Waals surface area contributed by atoms with E-state index in [-0.39, 0.29) is 30.8 Å². The molecule has 6 atom stereocenters. The number of carboxylic acids is 1. The summed E-state index contributed by atoms with van der Waals surface area (Å²) in [5, 5.41) is 30.7. The number of carbonyl (C=O) groups excluding carboxylic acids is 1. The van der Waals surface area contributed by atoms with E-state index in [1.165, 1.54) is 29.5 Å². The van der Waals surface area contributed by atoms with Gasteiger partial charge in [-0.25, -0.2) is 15.0 Å². The van der Waals surface area contributed by atoms with E-state index in [1.807, 2.05) is 0 Å². The number of amides is 1. The standard InChI is InChI=1S/C23H26N8O6/c24-13(23(35)36)4-3-11(1-2-12-5-6-27-14(7-12)20(26)34)8-15-17(32)18(33)22(37-15)31-10-30-16-19(25)28-9-29-21(16)31/h5-7,9-11,13,15,17-18,22,32-33H,3-4,8,24H2,(H2,26,34)(H,35,36)(H2,25,28,29)/t11-,13-,15+,17+,18+,22+/m0/s1. The van der Waals surface area contributed by atoms with Crippen LogP contribution in [0.15, 0.2) is 31.0 Å². The van der Waals surface area contributed by atoms with Gasteiger partial charge >= 0.3 is 5.97 Å². The summed E-state index contributed by atoms with van der Waals surface area (Å²) in [6.45, 7) is 0. The molecule has 9 N–H and O–H groups in total. The topological polar surface area (TPSA) is 239 Å². The maximum Gasteiger partial charge on any atom is 0.320 e. The lowest BCUT2D eigenvalue weighted by molar-refractivity contribution is -0.138. The second kappa shape index (κ2) is 10.8. The van der Waals surface area contributed by atoms with Gasteiger partial charge in [0.15, 0.2) is 17.7 Å². The molecule has 0 spiro atoms. The Labute approximate surface area is 210 Å². The lowest BCUT2D eigenvalue weighted by Gasteiger charge is -2.19. The number of imidazole rings is 1. The number of nitrogens with two attached hydrogens (primary N) is 3. The van der Waals surface area contributed by atoms with E-state index in [9.17, 15) is 19.8 Å². The molecule has 3 aromatic heterocycles. The Kier molecular flexibility index (Phi) is 7.60. The van der Waals surface area contributed by atoms with E-state index >= 15 is 0 Å². The summed E-state index contributed by atoms with van der Waals surface area (Å²) in [6.07, 6.45) is 0.152. The van der Waals surface area contributed by atoms with Gasteiger partial charge in [-0.05, 0) is 31.4 Å². The third-order valence-electron chi connectivity index (χ3n) is 6.09. The van der Waals surface area contributed by atoms with Crippen LogP contribution in [0.4, 0.5) is 5.82 Å². The Morgan fingerprint density at radius 2 is 1.95 bits per heavy atom. The highest BCUT2D eigenvalue weighted by atomic mass is 16.6. The molecule has 4 rings (SSSR count). The molecule has 0 unspecified atom stereocenters. The highest BCUT2D eigenvalue weighted by Crippen LogP contribution is 2.35. The van der Waals surface area contributed by atoms with Crippen LogP contribution in [0.5, 0.6) is 0 Å². The summed E-state index contributed by atoms with van der Waals surface area (Å²) in [5.41, 5.74) is 18.0. The number of aliphatic carboxylic acids is 1. The molecule has 0 saturated carbocycles. The number of rotatable bonds is 8. The molecule has 4 heterocycles. The van der Waals surface area contributed by atoms with Crippen molar-refractivity contribution < 1.29 is 29.6 Å². The first kappa shape index (κ1) is 25.9. The van der Waals surface area contributed by atoms with Gasteiger partial charge < -0.3 is 37.3 Å². The number of pyridine rings is 1. The smallest absolute Gasteiger partial charge is 0.320 e. The second-order valence-electron chi connectivity index (χ2n) is 8.65. The van der Waals surface area contributed by atoms with Crippen LogP contribution in [-0.2, 0) is 9.53 Å². The molecule has 3 aromatic rings. The number of aliphatic hydroxyl groups excluding tert-OH is 2. The number of primary amides is 1. The molecule has 0 aromatic carbocycles. The van der Waals surface area contributed by atoms with Gasteiger partial charge in [-0.3, -0.25) is 19.1 Å². The molecule has 1 amide bonds. The number of aliphatic hydroxyl groups is 2. The van der Waals surface area contributed by atoms with Gasteiger partial charge in [0.05, 0.1) is 12.4 Å². The molecule has 1 saturated heterocycles. The lowest BCUT2D eigenvalue weighted by atomic mass is 9.92. The number of carbonyl (C=O) groups is 2. The largest absolute Gasteiger partial charge is 0.480 e. The van der Waals surface area contributed by atoms with E-state index in [2.05, 4.69) is 31.8 Å². The fourth-order valence-electron chi connectivity index (χ4n) is 4.07.